The maximum Gasteiger partial charge on any atom is 0.104 e. The summed E-state index contributed by atoms with van der Waals surface area (Å²) < 4.78 is 4.64. The molecule has 0 spiro atoms. The molecule has 0 unspecified atom stereocenters. The van der Waals surface area contributed by atoms with E-state index in [1.54, 1.807) is 0 Å². The van der Waals surface area contributed by atoms with Crippen molar-refractivity contribution in [1.29, 1.82) is 5.26 Å². The summed E-state index contributed by atoms with van der Waals surface area (Å²) in [6.07, 6.45) is 7.60. The smallest absolute Gasteiger partial charge is 0.104 e. The van der Waals surface area contributed by atoms with Gasteiger partial charge in [0.15, 0.2) is 0 Å². The molecule has 0 N–H and O–H groups in total. The van der Waals surface area contributed by atoms with Crippen LogP contribution in [0.3, 0.4) is 0 Å². The second-order valence-electron chi connectivity index (χ2n) is 16.4. The summed E-state index contributed by atoms with van der Waals surface area (Å²) in [4.78, 5) is 20.2. The number of aromatic nitrogens is 6. The lowest BCUT2D eigenvalue weighted by atomic mass is 9.82. The Morgan fingerprint density at radius 3 is 0.906 bits per heavy atom. The number of hydrogen-bond acceptors (Lipinski definition) is 5. The largest absolute Gasteiger partial charge is 0.307 e. The van der Waals surface area contributed by atoms with Gasteiger partial charge in [-0.05, 0) is 41.0 Å². The van der Waals surface area contributed by atoms with Crippen molar-refractivity contribution in [1.82, 2.24) is 29.1 Å². The first kappa shape index (κ1) is 34.7. The molecular formula is C57H31N7. The normalized spacial score (nSPS) is 12.0. The van der Waals surface area contributed by atoms with E-state index >= 15 is 0 Å². The minimum atomic E-state index is 0.525. The first-order valence-electron chi connectivity index (χ1n) is 21.4. The summed E-state index contributed by atoms with van der Waals surface area (Å²) in [7, 11) is 0. The molecule has 0 aliphatic heterocycles. The van der Waals surface area contributed by atoms with Gasteiger partial charge in [-0.2, -0.15) is 5.26 Å². The molecule has 0 fully saturated rings. The van der Waals surface area contributed by atoms with Crippen molar-refractivity contribution in [3.8, 4) is 50.8 Å². The van der Waals surface area contributed by atoms with Gasteiger partial charge in [0.2, 0.25) is 0 Å². The zero-order valence-electron chi connectivity index (χ0n) is 34.0. The van der Waals surface area contributed by atoms with Crippen LogP contribution in [0, 0.1) is 11.3 Å². The highest BCUT2D eigenvalue weighted by atomic mass is 15.0. The fraction of sp³-hybridized carbons (Fsp3) is 0. The highest BCUT2D eigenvalue weighted by Gasteiger charge is 2.33. The van der Waals surface area contributed by atoms with E-state index < -0.39 is 0 Å². The molecule has 14 aromatic rings. The van der Waals surface area contributed by atoms with Gasteiger partial charge in [0.25, 0.3) is 0 Å². The van der Waals surface area contributed by atoms with E-state index in [0.717, 1.165) is 132 Å². The zero-order valence-corrected chi connectivity index (χ0v) is 34.0. The number of nitrogens with zero attached hydrogens (tertiary/aromatic N) is 7. The van der Waals surface area contributed by atoms with Crippen molar-refractivity contribution < 1.29 is 0 Å². The van der Waals surface area contributed by atoms with E-state index in [1.807, 2.05) is 36.9 Å². The number of hydrogen-bond donors (Lipinski definition) is 0. The van der Waals surface area contributed by atoms with Crippen LogP contribution in [0.15, 0.2) is 189 Å². The zero-order chi connectivity index (χ0) is 42.0. The molecule has 0 radical (unpaired) electrons. The first-order chi connectivity index (χ1) is 31.8. The molecule has 64 heavy (non-hydrogen) atoms. The Morgan fingerprint density at radius 1 is 0.328 bits per heavy atom. The van der Waals surface area contributed by atoms with Crippen molar-refractivity contribution in [3.63, 3.8) is 0 Å². The molecule has 0 saturated heterocycles. The van der Waals surface area contributed by atoms with Crippen molar-refractivity contribution in [2.45, 2.75) is 0 Å². The summed E-state index contributed by atoms with van der Waals surface area (Å²) in [5.74, 6) is 0. The molecule has 7 nitrogen and oxygen atoms in total. The molecule has 0 amide bonds. The molecule has 0 aliphatic carbocycles. The number of fused-ring (bicyclic) bond motifs is 6. The van der Waals surface area contributed by atoms with Crippen LogP contribution in [0.25, 0.3) is 132 Å². The molecule has 7 heteroatoms. The van der Waals surface area contributed by atoms with E-state index in [-0.39, 0.29) is 0 Å². The molecule has 0 aliphatic rings. The van der Waals surface area contributed by atoms with Crippen molar-refractivity contribution in [2.75, 3.05) is 0 Å². The van der Waals surface area contributed by atoms with Gasteiger partial charge in [-0.1, -0.05) is 140 Å². The summed E-state index contributed by atoms with van der Waals surface area (Å²) in [5.41, 5.74) is 15.4. The first-order valence-corrected chi connectivity index (χ1v) is 21.4. The lowest BCUT2D eigenvalue weighted by Gasteiger charge is -2.27. The summed E-state index contributed by atoms with van der Waals surface area (Å²) in [6.45, 7) is 0. The van der Waals surface area contributed by atoms with Crippen LogP contribution in [0.4, 0.5) is 0 Å². The quantitative estimate of drug-likeness (QED) is 0.162. The van der Waals surface area contributed by atoms with E-state index in [2.05, 4.69) is 167 Å². The number of rotatable bonds is 5. The number of pyridine rings is 4. The molecule has 6 aromatic heterocycles. The molecule has 8 aromatic carbocycles. The predicted molar refractivity (Wildman–Crippen MR) is 260 cm³/mol. The number of nitriles is 1. The van der Waals surface area contributed by atoms with Crippen LogP contribution in [0.1, 0.15) is 5.56 Å². The molecule has 0 saturated carbocycles. The standard InChI is InChI=1S/C57H31N7/c58-32-40-56(63-41-24-28-59-52-36-20-10-11-21-37(36)53-49(48(41)52)42(63)25-29-60-53)46(34-16-6-2-7-17-34)45(33-14-4-1-5-15-33)47(35-18-8-3-9-19-35)57(40)64-43-26-30-61-54-38-22-12-13-23-39(38)55-51(50(43)54)44(64)27-31-62-55/h1-31H. The van der Waals surface area contributed by atoms with Crippen molar-refractivity contribution in [2.24, 2.45) is 0 Å². The topological polar surface area (TPSA) is 85.2 Å². The van der Waals surface area contributed by atoms with Gasteiger partial charge in [0, 0.05) is 84.6 Å². The highest BCUT2D eigenvalue weighted by Crippen LogP contribution is 2.53. The second kappa shape index (κ2) is 13.0. The maximum atomic E-state index is 12.3. The van der Waals surface area contributed by atoms with Crippen LogP contribution in [0.2, 0.25) is 0 Å². The summed E-state index contributed by atoms with van der Waals surface area (Å²) in [6, 6.07) is 59.8. The Kier molecular flexibility index (Phi) is 7.05. The third-order valence-electron chi connectivity index (χ3n) is 13.2. The van der Waals surface area contributed by atoms with Gasteiger partial charge in [0.05, 0.1) is 55.5 Å². The Bertz CT molecular complexity index is 3820. The Hall–Kier alpha value is -8.99. The second-order valence-corrected chi connectivity index (χ2v) is 16.4. The monoisotopic (exact) mass is 813 g/mol. The summed E-state index contributed by atoms with van der Waals surface area (Å²) in [5, 5.41) is 20.5. The van der Waals surface area contributed by atoms with Gasteiger partial charge in [0.1, 0.15) is 11.6 Å². The highest BCUT2D eigenvalue weighted by molar-refractivity contribution is 6.34. The van der Waals surface area contributed by atoms with Gasteiger partial charge in [-0.3, -0.25) is 19.9 Å². The van der Waals surface area contributed by atoms with Gasteiger partial charge in [-0.25, -0.2) is 0 Å². The van der Waals surface area contributed by atoms with Crippen molar-refractivity contribution >= 4 is 87.2 Å². The van der Waals surface area contributed by atoms with E-state index in [1.165, 1.54) is 0 Å². The Morgan fingerprint density at radius 2 is 0.609 bits per heavy atom. The van der Waals surface area contributed by atoms with E-state index in [0.29, 0.717) is 5.56 Å². The van der Waals surface area contributed by atoms with E-state index in [4.69, 9.17) is 19.9 Å². The average molecular weight is 814 g/mol. The minimum Gasteiger partial charge on any atom is -0.307 e. The van der Waals surface area contributed by atoms with Crippen LogP contribution < -0.4 is 0 Å². The van der Waals surface area contributed by atoms with Gasteiger partial charge < -0.3 is 9.13 Å². The lowest BCUT2D eigenvalue weighted by molar-refractivity contribution is 1.12. The predicted octanol–water partition coefficient (Wildman–Crippen LogP) is 13.8. The van der Waals surface area contributed by atoms with Crippen molar-refractivity contribution in [3.05, 3.63) is 194 Å². The van der Waals surface area contributed by atoms with Crippen LogP contribution in [-0.4, -0.2) is 29.1 Å². The molecule has 14 rings (SSSR count). The Labute approximate surface area is 365 Å². The Balaban J connectivity index is 1.30. The molecule has 0 bridgehead atoms. The minimum absolute atomic E-state index is 0.525. The van der Waals surface area contributed by atoms with E-state index in [9.17, 15) is 5.26 Å². The molecule has 294 valence electrons. The van der Waals surface area contributed by atoms with Gasteiger partial charge >= 0.3 is 0 Å². The third-order valence-corrected chi connectivity index (χ3v) is 13.2. The molecule has 6 heterocycles. The van der Waals surface area contributed by atoms with Crippen LogP contribution >= 0.6 is 0 Å². The fourth-order valence-electron chi connectivity index (χ4n) is 10.8. The molecular weight excluding hydrogens is 783 g/mol. The van der Waals surface area contributed by atoms with Crippen LogP contribution in [0.5, 0.6) is 0 Å². The maximum absolute atomic E-state index is 12.3. The SMILES string of the molecule is N#Cc1c(-n2c3ccnc4c5ccccc5c5nccc2c5c43)c(-c2ccccc2)c(-c2ccccc2)c(-c2ccccc2)c1-n1c2ccnc3c4ccccc4c4nccc1c4c32. The fourth-order valence-corrected chi connectivity index (χ4v) is 10.8. The summed E-state index contributed by atoms with van der Waals surface area (Å²) >= 11 is 0. The third kappa shape index (κ3) is 4.47. The number of benzene rings is 8. The molecule has 0 atom stereocenters. The lowest BCUT2D eigenvalue weighted by Crippen LogP contribution is -2.11. The van der Waals surface area contributed by atoms with Crippen LogP contribution in [-0.2, 0) is 0 Å². The average Bonchev–Trinajstić information content (AvgIpc) is 3.89. The van der Waals surface area contributed by atoms with Gasteiger partial charge in [-0.15, -0.1) is 0 Å².